The van der Waals surface area contributed by atoms with Crippen LogP contribution in [0.4, 0.5) is 5.82 Å². The Kier molecular flexibility index (Phi) is 5.42. The molecule has 0 aliphatic heterocycles. The van der Waals surface area contributed by atoms with Gasteiger partial charge in [0.2, 0.25) is 5.82 Å². The number of ether oxygens (including phenoxy) is 1. The van der Waals surface area contributed by atoms with Gasteiger partial charge in [-0.05, 0) is 18.9 Å². The zero-order valence-corrected chi connectivity index (χ0v) is 11.8. The van der Waals surface area contributed by atoms with Crippen LogP contribution >= 0.6 is 0 Å². The molecule has 1 heterocycles. The largest absolute Gasteiger partial charge is 0.481 e. The Balaban J connectivity index is 2.83. The molecule has 0 spiro atoms. The summed E-state index contributed by atoms with van der Waals surface area (Å²) in [4.78, 5) is 30.5. The predicted octanol–water partition coefficient (Wildman–Crippen LogP) is 1.57. The van der Waals surface area contributed by atoms with Gasteiger partial charge in [0.05, 0.1) is 12.5 Å². The topological polar surface area (TPSA) is 101 Å². The first kappa shape index (κ1) is 15.9. The normalized spacial score (nSPS) is 10.9. The van der Waals surface area contributed by atoms with Gasteiger partial charge in [0.15, 0.2) is 0 Å². The van der Waals surface area contributed by atoms with Crippen molar-refractivity contribution >= 4 is 17.8 Å². The number of aliphatic carboxylic acids is 1. The molecule has 0 aliphatic carbocycles. The molecule has 0 saturated carbocycles. The minimum absolute atomic E-state index is 0.0635. The van der Waals surface area contributed by atoms with Crippen LogP contribution in [-0.4, -0.2) is 40.7 Å². The van der Waals surface area contributed by atoms with Crippen LogP contribution < -0.4 is 5.32 Å². The first-order valence-electron chi connectivity index (χ1n) is 6.37. The van der Waals surface area contributed by atoms with Gasteiger partial charge in [-0.25, -0.2) is 14.8 Å². The first-order chi connectivity index (χ1) is 9.49. The van der Waals surface area contributed by atoms with Gasteiger partial charge in [-0.2, -0.15) is 0 Å². The third kappa shape index (κ3) is 3.43. The Morgan fingerprint density at radius 2 is 2.05 bits per heavy atom. The Morgan fingerprint density at radius 1 is 1.40 bits per heavy atom. The molecular weight excluding hydrogens is 262 g/mol. The predicted molar refractivity (Wildman–Crippen MR) is 72.5 cm³/mol. The number of hydrogen-bond donors (Lipinski definition) is 2. The lowest BCUT2D eigenvalue weighted by Gasteiger charge is -2.27. The number of rotatable bonds is 7. The summed E-state index contributed by atoms with van der Waals surface area (Å²) >= 11 is 0. The van der Waals surface area contributed by atoms with Crippen molar-refractivity contribution in [3.63, 3.8) is 0 Å². The van der Waals surface area contributed by atoms with Gasteiger partial charge in [0.25, 0.3) is 0 Å². The highest BCUT2D eigenvalue weighted by molar-refractivity contribution is 5.85. The smallest absolute Gasteiger partial charge is 0.376 e. The molecule has 0 atom stereocenters. The molecule has 20 heavy (non-hydrogen) atoms. The summed E-state index contributed by atoms with van der Waals surface area (Å²) in [6, 6.07) is 1.57. The van der Waals surface area contributed by atoms with E-state index in [1.165, 1.54) is 13.3 Å². The van der Waals surface area contributed by atoms with Crippen molar-refractivity contribution in [1.82, 2.24) is 9.97 Å². The molecule has 0 radical (unpaired) electrons. The van der Waals surface area contributed by atoms with E-state index < -0.39 is 17.4 Å². The summed E-state index contributed by atoms with van der Waals surface area (Å²) in [7, 11) is 1.25. The lowest BCUT2D eigenvalue weighted by molar-refractivity contribution is -0.148. The van der Waals surface area contributed by atoms with Crippen LogP contribution in [0.25, 0.3) is 0 Å². The molecule has 7 nitrogen and oxygen atoms in total. The Hall–Kier alpha value is -2.18. The molecule has 0 unspecified atom stereocenters. The minimum Gasteiger partial charge on any atom is -0.481 e. The molecule has 0 amide bonds. The third-order valence-electron chi connectivity index (χ3n) is 3.44. The summed E-state index contributed by atoms with van der Waals surface area (Å²) in [5.41, 5.74) is -0.851. The highest BCUT2D eigenvalue weighted by Gasteiger charge is 2.34. The van der Waals surface area contributed by atoms with Crippen LogP contribution in [-0.2, 0) is 9.53 Å². The first-order valence-corrected chi connectivity index (χ1v) is 6.37. The van der Waals surface area contributed by atoms with Crippen molar-refractivity contribution in [1.29, 1.82) is 0 Å². The van der Waals surface area contributed by atoms with Gasteiger partial charge >= 0.3 is 11.9 Å². The van der Waals surface area contributed by atoms with Gasteiger partial charge in [-0.15, -0.1) is 0 Å². The average Bonchev–Trinajstić information content (AvgIpc) is 2.48. The van der Waals surface area contributed by atoms with Gasteiger partial charge in [0.1, 0.15) is 5.82 Å². The van der Waals surface area contributed by atoms with E-state index in [4.69, 9.17) is 0 Å². The van der Waals surface area contributed by atoms with E-state index in [0.29, 0.717) is 18.7 Å². The number of nitrogens with zero attached hydrogens (tertiary/aromatic N) is 2. The molecule has 0 aliphatic rings. The van der Waals surface area contributed by atoms with Gasteiger partial charge < -0.3 is 15.2 Å². The molecule has 0 saturated heterocycles. The van der Waals surface area contributed by atoms with Crippen LogP contribution in [0, 0.1) is 5.41 Å². The zero-order chi connectivity index (χ0) is 15.2. The number of carbonyl (C=O) groups is 2. The Labute approximate surface area is 117 Å². The molecule has 110 valence electrons. The lowest BCUT2D eigenvalue weighted by atomic mass is 9.82. The van der Waals surface area contributed by atoms with E-state index in [2.05, 4.69) is 20.0 Å². The van der Waals surface area contributed by atoms with E-state index in [1.807, 2.05) is 13.8 Å². The van der Waals surface area contributed by atoms with Gasteiger partial charge in [-0.3, -0.25) is 4.79 Å². The number of carboxylic acid groups (broad SMARTS) is 1. The van der Waals surface area contributed by atoms with Gasteiger partial charge in [-0.1, -0.05) is 13.8 Å². The highest BCUT2D eigenvalue weighted by Crippen LogP contribution is 2.27. The Morgan fingerprint density at radius 3 is 2.55 bits per heavy atom. The van der Waals surface area contributed by atoms with Gasteiger partial charge in [0, 0.05) is 12.7 Å². The molecule has 7 heteroatoms. The second-order valence-corrected chi connectivity index (χ2v) is 4.40. The second kappa shape index (κ2) is 6.83. The fourth-order valence-electron chi connectivity index (χ4n) is 1.78. The van der Waals surface area contributed by atoms with Crippen molar-refractivity contribution < 1.29 is 19.4 Å². The number of nitrogens with one attached hydrogen (secondary N) is 1. The SMILES string of the molecule is CCC(CC)(CNc1ccnc(C(=O)OC)n1)C(=O)O. The molecule has 0 aromatic carbocycles. The highest BCUT2D eigenvalue weighted by atomic mass is 16.5. The molecule has 1 rings (SSSR count). The van der Waals surface area contributed by atoms with Crippen LogP contribution in [0.15, 0.2) is 12.3 Å². The van der Waals surface area contributed by atoms with Crippen molar-refractivity contribution in [2.45, 2.75) is 26.7 Å². The quantitative estimate of drug-likeness (QED) is 0.731. The maximum Gasteiger partial charge on any atom is 0.376 e. The lowest BCUT2D eigenvalue weighted by Crippen LogP contribution is -2.37. The maximum atomic E-state index is 11.4. The molecule has 1 aromatic heterocycles. The van der Waals surface area contributed by atoms with E-state index in [1.54, 1.807) is 6.07 Å². The number of carboxylic acids is 1. The van der Waals surface area contributed by atoms with E-state index >= 15 is 0 Å². The number of aromatic nitrogens is 2. The molecule has 2 N–H and O–H groups in total. The Bertz CT molecular complexity index is 486. The number of methoxy groups -OCH3 is 1. The van der Waals surface area contributed by atoms with Crippen LogP contribution in [0.5, 0.6) is 0 Å². The summed E-state index contributed by atoms with van der Waals surface area (Å²) in [5, 5.41) is 12.3. The molecular formula is C13H19N3O4. The molecule has 0 bridgehead atoms. The monoisotopic (exact) mass is 281 g/mol. The van der Waals surface area contributed by atoms with E-state index in [0.717, 1.165) is 0 Å². The van der Waals surface area contributed by atoms with Crippen LogP contribution in [0.2, 0.25) is 0 Å². The van der Waals surface area contributed by atoms with E-state index in [-0.39, 0.29) is 12.4 Å². The standard InChI is InChI=1S/C13H19N3O4/c1-4-13(5-2,12(18)19)8-15-9-6-7-14-10(16-9)11(17)20-3/h6-7H,4-5,8H2,1-3H3,(H,18,19)(H,14,15,16). The summed E-state index contributed by atoms with van der Waals surface area (Å²) in [6.07, 6.45) is 2.42. The van der Waals surface area contributed by atoms with Crippen molar-refractivity contribution in [2.75, 3.05) is 19.0 Å². The summed E-state index contributed by atoms with van der Waals surface area (Å²) < 4.78 is 4.53. The average molecular weight is 281 g/mol. The third-order valence-corrected chi connectivity index (χ3v) is 3.44. The summed E-state index contributed by atoms with van der Waals surface area (Å²) in [6.45, 7) is 3.89. The molecule has 0 fully saturated rings. The van der Waals surface area contributed by atoms with Crippen molar-refractivity contribution in [2.24, 2.45) is 5.41 Å². The van der Waals surface area contributed by atoms with Crippen molar-refractivity contribution in [3.8, 4) is 0 Å². The maximum absolute atomic E-state index is 11.4. The fourth-order valence-corrected chi connectivity index (χ4v) is 1.78. The van der Waals surface area contributed by atoms with Crippen LogP contribution in [0.1, 0.15) is 37.3 Å². The molecule has 1 aromatic rings. The zero-order valence-electron chi connectivity index (χ0n) is 11.8. The minimum atomic E-state index is -0.851. The summed E-state index contributed by atoms with van der Waals surface area (Å²) in [5.74, 6) is -1.15. The van der Waals surface area contributed by atoms with E-state index in [9.17, 15) is 14.7 Å². The second-order valence-electron chi connectivity index (χ2n) is 4.40. The number of hydrogen-bond acceptors (Lipinski definition) is 6. The van der Waals surface area contributed by atoms with Crippen LogP contribution in [0.3, 0.4) is 0 Å². The number of esters is 1. The fraction of sp³-hybridized carbons (Fsp3) is 0.538. The number of anilines is 1. The van der Waals surface area contributed by atoms with Crippen molar-refractivity contribution in [3.05, 3.63) is 18.1 Å². The number of carbonyl (C=O) groups excluding carboxylic acids is 1.